The number of anilines is 1. The quantitative estimate of drug-likeness (QED) is 0.739. The molecule has 1 aromatic carbocycles. The second kappa shape index (κ2) is 8.65. The predicted molar refractivity (Wildman–Crippen MR) is 99.5 cm³/mol. The number of carbonyl (C=O) groups excluding carboxylic acids is 3. The van der Waals surface area contributed by atoms with Crippen LogP contribution in [0, 0.1) is 12.3 Å². The summed E-state index contributed by atoms with van der Waals surface area (Å²) in [5, 5.41) is 8.34. The summed E-state index contributed by atoms with van der Waals surface area (Å²) in [6, 6.07) is 5.26. The normalized spacial score (nSPS) is 11.2. The van der Waals surface area contributed by atoms with E-state index in [1.165, 1.54) is 0 Å². The average molecular weight is 347 g/mol. The highest BCUT2D eigenvalue weighted by molar-refractivity contribution is 5.98. The second-order valence-electron chi connectivity index (χ2n) is 7.46. The highest BCUT2D eigenvalue weighted by atomic mass is 16.2. The molecule has 0 heterocycles. The predicted octanol–water partition coefficient (Wildman–Crippen LogP) is 2.62. The number of benzene rings is 1. The van der Waals surface area contributed by atoms with Crippen molar-refractivity contribution in [3.05, 3.63) is 29.3 Å². The number of nitrogens with one attached hydrogen (secondary N) is 3. The molecule has 0 saturated heterocycles. The molecule has 138 valence electrons. The van der Waals surface area contributed by atoms with Crippen LogP contribution in [0.2, 0.25) is 0 Å². The molecule has 0 radical (unpaired) electrons. The monoisotopic (exact) mass is 347 g/mol. The number of carbonyl (C=O) groups is 3. The highest BCUT2D eigenvalue weighted by Crippen LogP contribution is 2.16. The molecule has 3 amide bonds. The molecule has 0 saturated carbocycles. The Labute approximate surface area is 149 Å². The lowest BCUT2D eigenvalue weighted by Crippen LogP contribution is -2.36. The lowest BCUT2D eigenvalue weighted by Gasteiger charge is -2.17. The van der Waals surface area contributed by atoms with E-state index in [0.29, 0.717) is 11.3 Å². The fourth-order valence-corrected chi connectivity index (χ4v) is 2.06. The molecule has 0 aliphatic carbocycles. The minimum Gasteiger partial charge on any atom is -0.355 e. The van der Waals surface area contributed by atoms with E-state index in [9.17, 15) is 14.4 Å². The minimum absolute atomic E-state index is 0.0385. The molecule has 0 fully saturated rings. The molecule has 0 atom stereocenters. The van der Waals surface area contributed by atoms with Gasteiger partial charge in [0.1, 0.15) is 0 Å². The van der Waals surface area contributed by atoms with Crippen molar-refractivity contribution < 1.29 is 14.4 Å². The van der Waals surface area contributed by atoms with Gasteiger partial charge in [0.2, 0.25) is 11.8 Å². The standard InChI is InChI=1S/C19H29N3O3/c1-12(2)21-17(24)15-11-14(8-7-13(15)3)22-16(23)9-10-20-18(25)19(4,5)6/h7-8,11-12H,9-10H2,1-6H3,(H,20,25)(H,21,24)(H,22,23). The van der Waals surface area contributed by atoms with Crippen molar-refractivity contribution in [3.63, 3.8) is 0 Å². The molecule has 0 unspecified atom stereocenters. The molecular formula is C19H29N3O3. The molecule has 6 nitrogen and oxygen atoms in total. The van der Waals surface area contributed by atoms with Gasteiger partial charge in [-0.1, -0.05) is 26.8 Å². The van der Waals surface area contributed by atoms with Crippen LogP contribution in [0.25, 0.3) is 0 Å². The molecule has 6 heteroatoms. The van der Waals surface area contributed by atoms with Crippen LogP contribution in [0.15, 0.2) is 18.2 Å². The van der Waals surface area contributed by atoms with Crippen molar-refractivity contribution in [2.45, 2.75) is 54.0 Å². The maximum absolute atomic E-state index is 12.2. The Bertz CT molecular complexity index is 646. The Balaban J connectivity index is 2.63. The molecule has 1 rings (SSSR count). The van der Waals surface area contributed by atoms with E-state index >= 15 is 0 Å². The van der Waals surface area contributed by atoms with Crippen molar-refractivity contribution >= 4 is 23.4 Å². The topological polar surface area (TPSA) is 87.3 Å². The fourth-order valence-electron chi connectivity index (χ4n) is 2.06. The largest absolute Gasteiger partial charge is 0.355 e. The minimum atomic E-state index is -0.480. The van der Waals surface area contributed by atoms with E-state index in [2.05, 4.69) is 16.0 Å². The summed E-state index contributed by atoms with van der Waals surface area (Å²) in [6.45, 7) is 11.4. The first kappa shape index (κ1) is 20.7. The van der Waals surface area contributed by atoms with E-state index in [1.54, 1.807) is 18.2 Å². The first-order valence-corrected chi connectivity index (χ1v) is 8.50. The molecule has 0 aliphatic heterocycles. The van der Waals surface area contributed by atoms with Gasteiger partial charge in [-0.25, -0.2) is 0 Å². The Morgan fingerprint density at radius 3 is 2.32 bits per heavy atom. The van der Waals surface area contributed by atoms with Gasteiger partial charge < -0.3 is 16.0 Å². The second-order valence-corrected chi connectivity index (χ2v) is 7.46. The van der Waals surface area contributed by atoms with Crippen LogP contribution in [-0.4, -0.2) is 30.3 Å². The highest BCUT2D eigenvalue weighted by Gasteiger charge is 2.20. The molecule has 0 aliphatic rings. The molecule has 25 heavy (non-hydrogen) atoms. The molecule has 3 N–H and O–H groups in total. The number of amides is 3. The Hall–Kier alpha value is -2.37. The first-order chi connectivity index (χ1) is 11.5. The summed E-state index contributed by atoms with van der Waals surface area (Å²) in [5.74, 6) is -0.474. The first-order valence-electron chi connectivity index (χ1n) is 8.50. The Morgan fingerprint density at radius 2 is 1.76 bits per heavy atom. The summed E-state index contributed by atoms with van der Waals surface area (Å²) in [4.78, 5) is 36.0. The van der Waals surface area contributed by atoms with Crippen molar-refractivity contribution in [3.8, 4) is 0 Å². The Kier molecular flexibility index (Phi) is 7.15. The fraction of sp³-hybridized carbons (Fsp3) is 0.526. The van der Waals surface area contributed by atoms with Crippen LogP contribution in [0.4, 0.5) is 5.69 Å². The van der Waals surface area contributed by atoms with Crippen LogP contribution in [0.1, 0.15) is 57.0 Å². The molecule has 1 aromatic rings. The van der Waals surface area contributed by atoms with Gasteiger partial charge in [-0.15, -0.1) is 0 Å². The zero-order valence-electron chi connectivity index (χ0n) is 15.9. The molecular weight excluding hydrogens is 318 g/mol. The van der Waals surface area contributed by atoms with E-state index < -0.39 is 5.41 Å². The summed E-state index contributed by atoms with van der Waals surface area (Å²) in [5.41, 5.74) is 1.46. The van der Waals surface area contributed by atoms with E-state index in [1.807, 2.05) is 41.5 Å². The Morgan fingerprint density at radius 1 is 1.12 bits per heavy atom. The van der Waals surface area contributed by atoms with Crippen LogP contribution in [0.3, 0.4) is 0 Å². The molecule has 0 spiro atoms. The summed E-state index contributed by atoms with van der Waals surface area (Å²) >= 11 is 0. The SMILES string of the molecule is Cc1ccc(NC(=O)CCNC(=O)C(C)(C)C)cc1C(=O)NC(C)C. The number of hydrogen-bond donors (Lipinski definition) is 3. The van der Waals surface area contributed by atoms with Crippen LogP contribution >= 0.6 is 0 Å². The summed E-state index contributed by atoms with van der Waals surface area (Å²) in [6.07, 6.45) is 0.170. The van der Waals surface area contributed by atoms with Crippen LogP contribution in [0.5, 0.6) is 0 Å². The summed E-state index contributed by atoms with van der Waals surface area (Å²) in [7, 11) is 0. The van der Waals surface area contributed by atoms with Crippen molar-refractivity contribution in [1.29, 1.82) is 0 Å². The smallest absolute Gasteiger partial charge is 0.251 e. The van der Waals surface area contributed by atoms with Gasteiger partial charge in [0.15, 0.2) is 0 Å². The van der Waals surface area contributed by atoms with Gasteiger partial charge in [0.25, 0.3) is 5.91 Å². The van der Waals surface area contributed by atoms with Crippen molar-refractivity contribution in [2.75, 3.05) is 11.9 Å². The third-order valence-electron chi connectivity index (χ3n) is 3.50. The molecule has 0 bridgehead atoms. The third kappa shape index (κ3) is 6.95. The van der Waals surface area contributed by atoms with Crippen molar-refractivity contribution in [1.82, 2.24) is 10.6 Å². The lowest BCUT2D eigenvalue weighted by molar-refractivity contribution is -0.128. The van der Waals surface area contributed by atoms with Gasteiger partial charge in [0, 0.05) is 35.7 Å². The van der Waals surface area contributed by atoms with Gasteiger partial charge in [0.05, 0.1) is 0 Å². The van der Waals surface area contributed by atoms with Crippen LogP contribution in [-0.2, 0) is 9.59 Å². The number of hydrogen-bond acceptors (Lipinski definition) is 3. The lowest BCUT2D eigenvalue weighted by atomic mass is 9.96. The summed E-state index contributed by atoms with van der Waals surface area (Å²) < 4.78 is 0. The third-order valence-corrected chi connectivity index (χ3v) is 3.50. The van der Waals surface area contributed by atoms with E-state index in [0.717, 1.165) is 5.56 Å². The molecule has 0 aromatic heterocycles. The number of rotatable bonds is 6. The maximum Gasteiger partial charge on any atom is 0.251 e. The average Bonchev–Trinajstić information content (AvgIpc) is 2.47. The zero-order valence-corrected chi connectivity index (χ0v) is 15.9. The van der Waals surface area contributed by atoms with Crippen molar-refractivity contribution in [2.24, 2.45) is 5.41 Å². The maximum atomic E-state index is 12.2. The van der Waals surface area contributed by atoms with Gasteiger partial charge in [-0.3, -0.25) is 14.4 Å². The van der Waals surface area contributed by atoms with Gasteiger partial charge in [-0.05, 0) is 38.5 Å². The van der Waals surface area contributed by atoms with Crippen LogP contribution < -0.4 is 16.0 Å². The van der Waals surface area contributed by atoms with Gasteiger partial charge in [-0.2, -0.15) is 0 Å². The van der Waals surface area contributed by atoms with E-state index in [4.69, 9.17) is 0 Å². The zero-order chi connectivity index (χ0) is 19.2. The van der Waals surface area contributed by atoms with E-state index in [-0.39, 0.29) is 36.7 Å². The van der Waals surface area contributed by atoms with Gasteiger partial charge >= 0.3 is 0 Å². The number of aryl methyl sites for hydroxylation is 1.